The lowest BCUT2D eigenvalue weighted by molar-refractivity contribution is 0.0636. The van der Waals surface area contributed by atoms with E-state index >= 15 is 0 Å². The van der Waals surface area contributed by atoms with Crippen molar-refractivity contribution < 1.29 is 19.4 Å². The minimum atomic E-state index is -1.000. The summed E-state index contributed by atoms with van der Waals surface area (Å²) < 4.78 is 5.17. The van der Waals surface area contributed by atoms with Gasteiger partial charge in [0, 0.05) is 10.6 Å². The number of anilines is 1. The highest BCUT2D eigenvalue weighted by molar-refractivity contribution is 7.98. The molecule has 0 bridgehead atoms. The van der Waals surface area contributed by atoms with E-state index in [4.69, 9.17) is 4.74 Å². The molecule has 2 rings (SSSR count). The Morgan fingerprint density at radius 3 is 2.65 bits per heavy atom. The molecule has 1 aliphatic rings. The van der Waals surface area contributed by atoms with Crippen molar-refractivity contribution in [3.8, 4) is 0 Å². The fourth-order valence-corrected chi connectivity index (χ4v) is 4.30. The van der Waals surface area contributed by atoms with Gasteiger partial charge < -0.3 is 9.84 Å². The van der Waals surface area contributed by atoms with Crippen molar-refractivity contribution >= 4 is 40.2 Å². The summed E-state index contributed by atoms with van der Waals surface area (Å²) in [4.78, 5) is 24.3. The highest BCUT2D eigenvalue weighted by atomic mass is 32.2. The van der Waals surface area contributed by atoms with Crippen molar-refractivity contribution in [2.45, 2.75) is 38.5 Å². The summed E-state index contributed by atoms with van der Waals surface area (Å²) in [6, 6.07) is 0. The largest absolute Gasteiger partial charge is 0.478 e. The minimum absolute atomic E-state index is 0.219. The Morgan fingerprint density at radius 2 is 2.05 bits per heavy atom. The van der Waals surface area contributed by atoms with E-state index < -0.39 is 17.7 Å². The monoisotopic (exact) mass is 315 g/mol. The third-order valence-corrected chi connectivity index (χ3v) is 4.96. The molecule has 110 valence electrons. The molecule has 1 aliphatic heterocycles. The highest BCUT2D eigenvalue weighted by Crippen LogP contribution is 2.39. The molecular weight excluding hydrogens is 298 g/mol. The molecule has 0 unspecified atom stereocenters. The molecule has 7 heteroatoms. The van der Waals surface area contributed by atoms with Crippen molar-refractivity contribution in [2.75, 3.05) is 11.1 Å². The Morgan fingerprint density at radius 1 is 1.35 bits per heavy atom. The topological polar surface area (TPSA) is 75.6 Å². The Bertz CT molecular complexity index is 545. The van der Waals surface area contributed by atoms with Gasteiger partial charge in [0.05, 0.1) is 5.56 Å². The number of carbonyl (C=O) groups excluding carboxylic acids is 1. The van der Waals surface area contributed by atoms with E-state index in [1.165, 1.54) is 11.3 Å². The summed E-state index contributed by atoms with van der Waals surface area (Å²) in [5.41, 5.74) is 0.462. The number of fused-ring (bicyclic) bond motifs is 1. The zero-order valence-corrected chi connectivity index (χ0v) is 13.2. The van der Waals surface area contributed by atoms with Crippen molar-refractivity contribution in [2.24, 2.45) is 0 Å². The predicted octanol–water partition coefficient (Wildman–Crippen LogP) is 3.58. The first-order valence-corrected chi connectivity index (χ1v) is 8.20. The van der Waals surface area contributed by atoms with Gasteiger partial charge in [-0.15, -0.1) is 11.3 Å². The SMILES string of the molecule is CC(C)(C)OC(=O)Nc1sc2c(c1C(=O)O)CCSC2. The van der Waals surface area contributed by atoms with Gasteiger partial charge in [0.1, 0.15) is 10.6 Å². The van der Waals surface area contributed by atoms with Gasteiger partial charge in [0.15, 0.2) is 0 Å². The van der Waals surface area contributed by atoms with Gasteiger partial charge in [-0.25, -0.2) is 9.59 Å². The van der Waals surface area contributed by atoms with E-state index in [1.807, 2.05) is 0 Å². The number of thiophene rings is 1. The van der Waals surface area contributed by atoms with Crippen LogP contribution in [0.15, 0.2) is 0 Å². The molecule has 1 amide bonds. The Kier molecular flexibility index (Phi) is 4.29. The molecule has 0 radical (unpaired) electrons. The van der Waals surface area contributed by atoms with E-state index in [0.29, 0.717) is 5.00 Å². The molecule has 2 N–H and O–H groups in total. The summed E-state index contributed by atoms with van der Waals surface area (Å²) >= 11 is 3.10. The van der Waals surface area contributed by atoms with E-state index in [1.54, 1.807) is 32.5 Å². The lowest BCUT2D eigenvalue weighted by Gasteiger charge is -2.19. The molecule has 0 spiro atoms. The molecule has 0 aliphatic carbocycles. The van der Waals surface area contributed by atoms with Crippen LogP contribution in [0.5, 0.6) is 0 Å². The average molecular weight is 315 g/mol. The number of rotatable bonds is 2. The molecule has 20 heavy (non-hydrogen) atoms. The van der Waals surface area contributed by atoms with Crippen LogP contribution in [-0.4, -0.2) is 28.5 Å². The smallest absolute Gasteiger partial charge is 0.412 e. The van der Waals surface area contributed by atoms with Crippen LogP contribution < -0.4 is 5.32 Å². The fraction of sp³-hybridized carbons (Fsp3) is 0.538. The van der Waals surface area contributed by atoms with Gasteiger partial charge in [0.2, 0.25) is 0 Å². The van der Waals surface area contributed by atoms with E-state index in [-0.39, 0.29) is 5.56 Å². The molecule has 0 aromatic carbocycles. The van der Waals surface area contributed by atoms with Crippen LogP contribution in [0.2, 0.25) is 0 Å². The Labute approximate surface area is 125 Å². The summed E-state index contributed by atoms with van der Waals surface area (Å²) in [5, 5.41) is 12.3. The van der Waals surface area contributed by atoms with Crippen molar-refractivity contribution in [3.05, 3.63) is 16.0 Å². The number of amides is 1. The third-order valence-electron chi connectivity index (χ3n) is 2.65. The lowest BCUT2D eigenvalue weighted by Crippen LogP contribution is -2.27. The zero-order valence-electron chi connectivity index (χ0n) is 11.6. The van der Waals surface area contributed by atoms with Crippen LogP contribution in [0, 0.1) is 0 Å². The second kappa shape index (κ2) is 5.65. The lowest BCUT2D eigenvalue weighted by atomic mass is 10.1. The molecular formula is C13H17NO4S2. The van der Waals surface area contributed by atoms with Crippen LogP contribution in [-0.2, 0) is 16.9 Å². The van der Waals surface area contributed by atoms with Crippen molar-refractivity contribution in [1.82, 2.24) is 0 Å². The first-order chi connectivity index (χ1) is 9.28. The molecule has 1 aromatic heterocycles. The molecule has 0 fully saturated rings. The van der Waals surface area contributed by atoms with E-state index in [0.717, 1.165) is 28.4 Å². The third kappa shape index (κ3) is 3.46. The first kappa shape index (κ1) is 15.2. The second-order valence-corrected chi connectivity index (χ2v) is 7.65. The maximum atomic E-state index is 11.8. The van der Waals surface area contributed by atoms with Crippen LogP contribution in [0.4, 0.5) is 9.80 Å². The summed E-state index contributed by atoms with van der Waals surface area (Å²) in [6.45, 7) is 5.29. The maximum absolute atomic E-state index is 11.8. The van der Waals surface area contributed by atoms with Crippen LogP contribution in [0.25, 0.3) is 0 Å². The highest BCUT2D eigenvalue weighted by Gasteiger charge is 2.27. The van der Waals surface area contributed by atoms with Gasteiger partial charge >= 0.3 is 12.1 Å². The molecule has 0 saturated carbocycles. The number of aromatic carboxylic acids is 1. The number of nitrogens with one attached hydrogen (secondary N) is 1. The summed E-state index contributed by atoms with van der Waals surface area (Å²) in [6.07, 6.45) is 0.111. The van der Waals surface area contributed by atoms with Gasteiger partial charge in [-0.05, 0) is 38.5 Å². The molecule has 1 aromatic rings. The maximum Gasteiger partial charge on any atom is 0.412 e. The Hall–Kier alpha value is -1.21. The van der Waals surface area contributed by atoms with Gasteiger partial charge in [-0.3, -0.25) is 5.32 Å². The number of carboxylic acid groups (broad SMARTS) is 1. The zero-order chi connectivity index (χ0) is 14.9. The van der Waals surface area contributed by atoms with Crippen LogP contribution >= 0.6 is 23.1 Å². The number of carboxylic acids is 1. The van der Waals surface area contributed by atoms with Gasteiger partial charge in [0.25, 0.3) is 0 Å². The number of hydrogen-bond acceptors (Lipinski definition) is 5. The standard InChI is InChI=1S/C13H17NO4S2/c1-13(2,3)18-12(17)14-10-9(11(15)16)7-4-5-19-6-8(7)20-10/h4-6H2,1-3H3,(H,14,17)(H,15,16). The number of carbonyl (C=O) groups is 2. The first-order valence-electron chi connectivity index (χ1n) is 6.23. The molecule has 5 nitrogen and oxygen atoms in total. The van der Waals surface area contributed by atoms with Crippen molar-refractivity contribution in [1.29, 1.82) is 0 Å². The number of thioether (sulfide) groups is 1. The number of hydrogen-bond donors (Lipinski definition) is 2. The average Bonchev–Trinajstić information content (AvgIpc) is 2.63. The summed E-state index contributed by atoms with van der Waals surface area (Å²) in [7, 11) is 0. The molecule has 2 heterocycles. The normalized spacial score (nSPS) is 14.6. The van der Waals surface area contributed by atoms with E-state index in [9.17, 15) is 14.7 Å². The second-order valence-electron chi connectivity index (χ2n) is 5.44. The van der Waals surface area contributed by atoms with Crippen LogP contribution in [0.1, 0.15) is 41.6 Å². The minimum Gasteiger partial charge on any atom is -0.478 e. The van der Waals surface area contributed by atoms with Crippen LogP contribution in [0.3, 0.4) is 0 Å². The quantitative estimate of drug-likeness (QED) is 0.872. The van der Waals surface area contributed by atoms with Gasteiger partial charge in [-0.1, -0.05) is 0 Å². The fourth-order valence-electron chi connectivity index (χ4n) is 1.94. The molecule has 0 atom stereocenters. The molecule has 0 saturated heterocycles. The Balaban J connectivity index is 2.25. The number of ether oxygens (including phenoxy) is 1. The van der Waals surface area contributed by atoms with Crippen molar-refractivity contribution in [3.63, 3.8) is 0 Å². The van der Waals surface area contributed by atoms with E-state index in [2.05, 4.69) is 5.32 Å². The summed E-state index contributed by atoms with van der Waals surface area (Å²) in [5.74, 6) is 0.715. The predicted molar refractivity (Wildman–Crippen MR) is 81.0 cm³/mol. The van der Waals surface area contributed by atoms with Gasteiger partial charge in [-0.2, -0.15) is 11.8 Å².